The first-order valence-electron chi connectivity index (χ1n) is 10.6. The Hall–Kier alpha value is -3.23. The fourth-order valence-electron chi connectivity index (χ4n) is 4.01. The van der Waals surface area contributed by atoms with Crippen molar-refractivity contribution >= 4 is 28.3 Å². The predicted molar refractivity (Wildman–Crippen MR) is 128 cm³/mol. The van der Waals surface area contributed by atoms with Crippen molar-refractivity contribution < 1.29 is 9.53 Å². The monoisotopic (exact) mass is 449 g/mol. The molecule has 0 spiro atoms. The predicted octanol–water partition coefficient (Wildman–Crippen LogP) is 3.88. The van der Waals surface area contributed by atoms with E-state index in [0.29, 0.717) is 11.6 Å². The fraction of sp³-hybridized carbons (Fsp3) is 0.292. The molecule has 1 fully saturated rings. The Morgan fingerprint density at radius 1 is 1.19 bits per heavy atom. The van der Waals surface area contributed by atoms with Crippen LogP contribution in [0.4, 0.5) is 5.13 Å². The van der Waals surface area contributed by atoms with Gasteiger partial charge in [0.05, 0.1) is 12.8 Å². The number of nitrogens with two attached hydrogens (primary N) is 1. The maximum absolute atomic E-state index is 12.5. The third kappa shape index (κ3) is 4.98. The summed E-state index contributed by atoms with van der Waals surface area (Å²) in [5.41, 5.74) is 9.10. The summed E-state index contributed by atoms with van der Waals surface area (Å²) in [6.45, 7) is 1.61. The topological polar surface area (TPSA) is 104 Å². The summed E-state index contributed by atoms with van der Waals surface area (Å²) >= 11 is 1.58. The Balaban J connectivity index is 1.37. The first-order chi connectivity index (χ1) is 15.5. The molecule has 1 unspecified atom stereocenters. The molecular weight excluding hydrogens is 422 g/mol. The molecule has 0 saturated carbocycles. The molecule has 2 aromatic carbocycles. The normalized spacial score (nSPS) is 15.8. The summed E-state index contributed by atoms with van der Waals surface area (Å²) in [5.74, 6) is -0.159. The highest BCUT2D eigenvalue weighted by Crippen LogP contribution is 2.29. The lowest BCUT2D eigenvalue weighted by Crippen LogP contribution is -2.43. The van der Waals surface area contributed by atoms with Gasteiger partial charge in [-0.1, -0.05) is 54.6 Å². The maximum atomic E-state index is 12.5. The van der Waals surface area contributed by atoms with Crippen LogP contribution in [-0.2, 0) is 9.53 Å². The summed E-state index contributed by atoms with van der Waals surface area (Å²) in [7, 11) is 1.44. The van der Waals surface area contributed by atoms with E-state index < -0.39 is 0 Å². The van der Waals surface area contributed by atoms with Crippen molar-refractivity contribution in [2.45, 2.75) is 24.9 Å². The molecule has 7 nitrogen and oxygen atoms in total. The van der Waals surface area contributed by atoms with Crippen molar-refractivity contribution in [3.63, 3.8) is 0 Å². The number of hydrogen-bond donors (Lipinski definition) is 3. The number of carbonyl (C=O) groups excluding carboxylic acids is 1. The minimum atomic E-state index is -0.369. The summed E-state index contributed by atoms with van der Waals surface area (Å²) < 4.78 is 5.08. The quantitative estimate of drug-likeness (QED) is 0.287. The van der Waals surface area contributed by atoms with Crippen LogP contribution in [0, 0.1) is 5.41 Å². The van der Waals surface area contributed by atoms with Crippen molar-refractivity contribution in [3.05, 3.63) is 71.1 Å². The summed E-state index contributed by atoms with van der Waals surface area (Å²) in [5, 5.41) is 14.0. The zero-order valence-electron chi connectivity index (χ0n) is 18.0. The Morgan fingerprint density at radius 3 is 2.50 bits per heavy atom. The Labute approximate surface area is 191 Å². The molecule has 0 aliphatic carbocycles. The van der Waals surface area contributed by atoms with Gasteiger partial charge >= 0.3 is 5.97 Å². The Kier molecular flexibility index (Phi) is 6.82. The van der Waals surface area contributed by atoms with Gasteiger partial charge in [0.1, 0.15) is 11.9 Å². The van der Waals surface area contributed by atoms with Gasteiger partial charge in [-0.15, -0.1) is 11.3 Å². The molecule has 1 aliphatic rings. The molecule has 4 rings (SSSR count). The SMILES string of the molecule is COC(=O)C(c1ccccc1)N1CCC(Nc2nc(-c3ccc(C(=N)N)cc3)cs2)CC1. The third-order valence-electron chi connectivity index (χ3n) is 5.76. The molecule has 1 aromatic heterocycles. The molecule has 2 heterocycles. The van der Waals surface area contributed by atoms with Crippen molar-refractivity contribution in [2.75, 3.05) is 25.5 Å². The highest BCUT2D eigenvalue weighted by molar-refractivity contribution is 7.14. The molecule has 0 radical (unpaired) electrons. The number of nitrogens with one attached hydrogen (secondary N) is 2. The van der Waals surface area contributed by atoms with Gasteiger partial charge in [0, 0.05) is 35.6 Å². The van der Waals surface area contributed by atoms with Crippen molar-refractivity contribution in [2.24, 2.45) is 5.73 Å². The summed E-state index contributed by atoms with van der Waals surface area (Å²) in [4.78, 5) is 19.4. The first-order valence-corrected chi connectivity index (χ1v) is 11.5. The lowest BCUT2D eigenvalue weighted by Gasteiger charge is -2.36. The number of carbonyl (C=O) groups is 1. The van der Waals surface area contributed by atoms with Gasteiger partial charge in [-0.3, -0.25) is 10.3 Å². The largest absolute Gasteiger partial charge is 0.468 e. The number of methoxy groups -OCH3 is 1. The number of aromatic nitrogens is 1. The van der Waals surface area contributed by atoms with Gasteiger partial charge in [0.25, 0.3) is 0 Å². The number of hydrogen-bond acceptors (Lipinski definition) is 7. The zero-order chi connectivity index (χ0) is 22.5. The number of esters is 1. The van der Waals surface area contributed by atoms with E-state index in [1.165, 1.54) is 7.11 Å². The van der Waals surface area contributed by atoms with E-state index in [1.807, 2.05) is 60.0 Å². The number of nitrogen functional groups attached to an aromatic ring is 1. The first kappa shape index (κ1) is 22.0. The minimum Gasteiger partial charge on any atom is -0.468 e. The molecule has 8 heteroatoms. The van der Waals surface area contributed by atoms with E-state index in [2.05, 4.69) is 10.2 Å². The lowest BCUT2D eigenvalue weighted by atomic mass is 9.99. The molecule has 1 aliphatic heterocycles. The number of nitrogens with zero attached hydrogens (tertiary/aromatic N) is 2. The van der Waals surface area contributed by atoms with Crippen LogP contribution in [0.2, 0.25) is 0 Å². The smallest absolute Gasteiger partial charge is 0.327 e. The molecule has 4 N–H and O–H groups in total. The van der Waals surface area contributed by atoms with Crippen LogP contribution >= 0.6 is 11.3 Å². The van der Waals surface area contributed by atoms with Crippen LogP contribution < -0.4 is 11.1 Å². The number of ether oxygens (including phenoxy) is 1. The van der Waals surface area contributed by atoms with Gasteiger partial charge in [-0.25, -0.2) is 9.78 Å². The average molecular weight is 450 g/mol. The molecule has 1 saturated heterocycles. The molecule has 1 atom stereocenters. The van der Waals surface area contributed by atoms with Gasteiger partial charge in [0.2, 0.25) is 0 Å². The zero-order valence-corrected chi connectivity index (χ0v) is 18.8. The van der Waals surface area contributed by atoms with Crippen LogP contribution in [0.1, 0.15) is 30.0 Å². The average Bonchev–Trinajstić information content (AvgIpc) is 3.29. The second-order valence-corrected chi connectivity index (χ2v) is 8.68. The van der Waals surface area contributed by atoms with Gasteiger partial charge in [-0.05, 0) is 18.4 Å². The van der Waals surface area contributed by atoms with E-state index in [4.69, 9.17) is 20.9 Å². The minimum absolute atomic E-state index is 0.0604. The fourth-order valence-corrected chi connectivity index (χ4v) is 4.81. The van der Waals surface area contributed by atoms with E-state index in [0.717, 1.165) is 47.9 Å². The Bertz CT molecular complexity index is 1060. The third-order valence-corrected chi connectivity index (χ3v) is 6.53. The maximum Gasteiger partial charge on any atom is 0.327 e. The van der Waals surface area contributed by atoms with Crippen LogP contribution in [0.25, 0.3) is 11.3 Å². The molecule has 0 amide bonds. The van der Waals surface area contributed by atoms with E-state index >= 15 is 0 Å². The number of piperidine rings is 1. The van der Waals surface area contributed by atoms with Crippen molar-refractivity contribution in [3.8, 4) is 11.3 Å². The molecule has 0 bridgehead atoms. The highest BCUT2D eigenvalue weighted by atomic mass is 32.1. The molecule has 32 heavy (non-hydrogen) atoms. The van der Waals surface area contributed by atoms with Crippen LogP contribution in [0.15, 0.2) is 60.0 Å². The molecular formula is C24H27N5O2S. The lowest BCUT2D eigenvalue weighted by molar-refractivity contribution is -0.147. The second kappa shape index (κ2) is 9.93. The van der Waals surface area contributed by atoms with Crippen LogP contribution in [0.5, 0.6) is 0 Å². The van der Waals surface area contributed by atoms with Crippen LogP contribution in [-0.4, -0.2) is 47.9 Å². The van der Waals surface area contributed by atoms with Crippen LogP contribution in [0.3, 0.4) is 0 Å². The number of anilines is 1. The molecule has 3 aromatic rings. The Morgan fingerprint density at radius 2 is 1.88 bits per heavy atom. The summed E-state index contributed by atoms with van der Waals surface area (Å²) in [6.07, 6.45) is 1.84. The van der Waals surface area contributed by atoms with E-state index in [9.17, 15) is 4.79 Å². The highest BCUT2D eigenvalue weighted by Gasteiger charge is 2.31. The number of benzene rings is 2. The second-order valence-electron chi connectivity index (χ2n) is 7.82. The van der Waals surface area contributed by atoms with Gasteiger partial charge in [0.15, 0.2) is 5.13 Å². The number of thiazole rings is 1. The number of likely N-dealkylation sites (tertiary alicyclic amines) is 1. The number of rotatable bonds is 7. The summed E-state index contributed by atoms with van der Waals surface area (Å²) in [6, 6.07) is 17.3. The van der Waals surface area contributed by atoms with Gasteiger partial charge < -0.3 is 15.8 Å². The van der Waals surface area contributed by atoms with E-state index in [1.54, 1.807) is 11.3 Å². The van der Waals surface area contributed by atoms with Crippen molar-refractivity contribution in [1.82, 2.24) is 9.88 Å². The van der Waals surface area contributed by atoms with E-state index in [-0.39, 0.29) is 17.8 Å². The standard InChI is InChI=1S/C24H27N5O2S/c1-31-23(30)21(17-5-3-2-4-6-17)29-13-11-19(12-14-29)27-24-28-20(15-32-24)16-7-9-18(10-8-16)22(25)26/h2-10,15,19,21H,11-14H2,1H3,(H3,25,26)(H,27,28). The molecule has 166 valence electrons. The van der Waals surface area contributed by atoms with Gasteiger partial charge in [-0.2, -0.15) is 0 Å². The van der Waals surface area contributed by atoms with Crippen molar-refractivity contribution in [1.29, 1.82) is 5.41 Å². The number of amidine groups is 1.